The number of nitrogens with one attached hydrogen (secondary N) is 3. The van der Waals surface area contributed by atoms with Crippen LogP contribution in [-0.2, 0) is 55.0 Å². The van der Waals surface area contributed by atoms with Crippen molar-refractivity contribution in [2.75, 3.05) is 156 Å². The van der Waals surface area contributed by atoms with Crippen LogP contribution in [0.15, 0.2) is 48.8 Å². The predicted molar refractivity (Wildman–Crippen MR) is 320 cm³/mol. The van der Waals surface area contributed by atoms with Crippen LogP contribution in [0.4, 0.5) is 14.5 Å². The number of amides is 5. The minimum absolute atomic E-state index is 0.00317. The van der Waals surface area contributed by atoms with Crippen LogP contribution in [0.5, 0.6) is 11.5 Å². The van der Waals surface area contributed by atoms with Crippen LogP contribution in [0.1, 0.15) is 42.7 Å². The van der Waals surface area contributed by atoms with Crippen LogP contribution >= 0.6 is 0 Å². The van der Waals surface area contributed by atoms with Crippen molar-refractivity contribution in [1.29, 1.82) is 0 Å². The number of morpholine rings is 1. The summed E-state index contributed by atoms with van der Waals surface area (Å²) in [6, 6.07) is 6.40. The second-order valence-corrected chi connectivity index (χ2v) is 24.6. The van der Waals surface area contributed by atoms with Gasteiger partial charge in [-0.2, -0.15) is 13.5 Å². The van der Waals surface area contributed by atoms with E-state index in [0.29, 0.717) is 39.4 Å². The second-order valence-electron chi connectivity index (χ2n) is 23.0. The predicted octanol–water partition coefficient (Wildman–Crippen LogP) is -0.141. The number of carboxylic acids is 3. The zero-order valence-electron chi connectivity index (χ0n) is 50.6. The molecule has 8 rings (SSSR count). The molecular weight excluding hydrogens is 1220 g/mol. The molecule has 5 amide bonds. The van der Waals surface area contributed by atoms with Crippen LogP contribution in [0.25, 0.3) is 28.1 Å². The number of hydrogen-bond acceptors (Lipinski definition) is 20. The number of pyridine rings is 1. The van der Waals surface area contributed by atoms with Crippen molar-refractivity contribution in [3.8, 4) is 39.6 Å². The molecule has 4 aliphatic rings. The first-order valence-electron chi connectivity index (χ1n) is 29.4. The van der Waals surface area contributed by atoms with Gasteiger partial charge in [-0.1, -0.05) is 0 Å². The Morgan fingerprint density at radius 3 is 1.84 bits per heavy atom. The number of nitrogens with zero attached hydrogens (tertiary/aromatic N) is 10. The SMILES string of the molecule is COc1cc2c(cc1-c1cncc(NC(=O)CCC(=O)NC[C@H](NC(=O)CN3CCN(CC(=O)O)CCN(CC(=O)O)CCN(CC(=O)O)CC3)C(=O)N3CCN(CCS(=O)(=O)O)CC3)c1)-c1c(c(C(=O)N3CCOCC3(C)C)nn1-c1cc(F)cc(F)c1)CO2. The Morgan fingerprint density at radius 1 is 0.703 bits per heavy atom. The summed E-state index contributed by atoms with van der Waals surface area (Å²) in [7, 11) is -2.84. The molecular formula is C58H75F2N13O17S. The third-order valence-corrected chi connectivity index (χ3v) is 16.6. The number of carbonyl (C=O) groups excluding carboxylic acids is 5. The standard InChI is InChI=1S/C58H75F2N13O17S/c1-58(2)36-89-20-18-72(58)57(84)54-44-35-90-47-27-46(88-3)42(26-43(47)55(44)73(65-54)41-24-38(59)23-39(60)25-41)37-22-40(29-61-28-37)63-49(75)5-4-48(74)62-30-45(56(83)71-16-14-66(15-17-71)19-21-91(85,86)87)64-50(76)31-67-6-8-68(32-51(77)78)10-12-70(34-53(81)82)13-11-69(9-7-67)33-52(79)80/h22-29,45H,4-21,30-36H2,1-3H3,(H,62,74)(H,63,75)(H,64,76)(H,77,78)(H,79,80)(H,81,82)(H,85,86,87)/t45-/m0/s1. The number of halogens is 2. The van der Waals surface area contributed by atoms with E-state index in [2.05, 4.69) is 26.0 Å². The first-order chi connectivity index (χ1) is 43.2. The number of aromatic nitrogens is 3. The lowest BCUT2D eigenvalue weighted by atomic mass is 9.95. The van der Waals surface area contributed by atoms with Crippen molar-refractivity contribution in [3.63, 3.8) is 0 Å². The van der Waals surface area contributed by atoms with E-state index >= 15 is 0 Å². The highest BCUT2D eigenvalue weighted by molar-refractivity contribution is 7.85. The van der Waals surface area contributed by atoms with Crippen molar-refractivity contribution < 1.29 is 89.6 Å². The molecule has 33 heteroatoms. The fraction of sp³-hybridized carbons (Fsp3) is 0.517. The van der Waals surface area contributed by atoms with Crippen molar-refractivity contribution in [1.82, 2.24) is 59.7 Å². The molecule has 4 aliphatic heterocycles. The Labute approximate surface area is 522 Å². The van der Waals surface area contributed by atoms with Gasteiger partial charge in [0.1, 0.15) is 35.8 Å². The number of benzene rings is 2. The van der Waals surface area contributed by atoms with Gasteiger partial charge in [-0.05, 0) is 38.1 Å². The third-order valence-electron chi connectivity index (χ3n) is 15.9. The molecule has 0 aliphatic carbocycles. The quantitative estimate of drug-likeness (QED) is 0.0475. The van der Waals surface area contributed by atoms with Crippen LogP contribution < -0.4 is 25.4 Å². The molecule has 0 spiro atoms. The van der Waals surface area contributed by atoms with E-state index in [-0.39, 0.29) is 154 Å². The molecule has 2 aromatic heterocycles. The molecule has 7 N–H and O–H groups in total. The van der Waals surface area contributed by atoms with E-state index in [0.717, 1.165) is 18.2 Å². The number of piperazine rings is 1. The summed E-state index contributed by atoms with van der Waals surface area (Å²) >= 11 is 0. The third kappa shape index (κ3) is 19.1. The molecule has 3 fully saturated rings. The summed E-state index contributed by atoms with van der Waals surface area (Å²) in [4.78, 5) is 121. The summed E-state index contributed by atoms with van der Waals surface area (Å²) < 4.78 is 80.9. The molecule has 30 nitrogen and oxygen atoms in total. The van der Waals surface area contributed by atoms with Crippen molar-refractivity contribution in [2.24, 2.45) is 0 Å². The Balaban J connectivity index is 0.957. The summed E-state index contributed by atoms with van der Waals surface area (Å²) in [5.41, 5.74) is 1.40. The molecule has 6 heterocycles. The van der Waals surface area contributed by atoms with Gasteiger partial charge in [0.2, 0.25) is 23.6 Å². The summed E-state index contributed by atoms with van der Waals surface area (Å²) in [6.45, 7) is 4.02. The summed E-state index contributed by atoms with van der Waals surface area (Å²) in [5.74, 6) is -8.09. The number of carboxylic acid groups (broad SMARTS) is 3. The van der Waals surface area contributed by atoms with E-state index in [4.69, 9.17) is 14.2 Å². The van der Waals surface area contributed by atoms with Gasteiger partial charge in [-0.3, -0.25) is 72.4 Å². The van der Waals surface area contributed by atoms with Gasteiger partial charge in [0.15, 0.2) is 5.69 Å². The number of ether oxygens (including phenoxy) is 3. The number of anilines is 1. The molecule has 3 saturated heterocycles. The van der Waals surface area contributed by atoms with Gasteiger partial charge in [0, 0.05) is 152 Å². The maximum absolute atomic E-state index is 14.9. The zero-order chi connectivity index (χ0) is 65.7. The van der Waals surface area contributed by atoms with Gasteiger partial charge in [-0.15, -0.1) is 0 Å². The van der Waals surface area contributed by atoms with Gasteiger partial charge >= 0.3 is 17.9 Å². The van der Waals surface area contributed by atoms with E-state index in [1.54, 1.807) is 47.6 Å². The number of methoxy groups -OCH3 is 1. The van der Waals surface area contributed by atoms with E-state index in [1.165, 1.54) is 29.1 Å². The van der Waals surface area contributed by atoms with Crippen molar-refractivity contribution in [2.45, 2.75) is 44.9 Å². The number of rotatable bonds is 23. The molecule has 494 valence electrons. The van der Waals surface area contributed by atoms with Crippen LogP contribution in [0.3, 0.4) is 0 Å². The molecule has 1 atom stereocenters. The first-order valence-corrected chi connectivity index (χ1v) is 31.0. The Morgan fingerprint density at radius 2 is 1.27 bits per heavy atom. The smallest absolute Gasteiger partial charge is 0.317 e. The zero-order valence-corrected chi connectivity index (χ0v) is 51.4. The largest absolute Gasteiger partial charge is 0.496 e. The monoisotopic (exact) mass is 1300 g/mol. The van der Waals surface area contributed by atoms with Gasteiger partial charge in [0.25, 0.3) is 16.0 Å². The highest BCUT2D eigenvalue weighted by Crippen LogP contribution is 2.46. The van der Waals surface area contributed by atoms with Crippen LogP contribution in [0.2, 0.25) is 0 Å². The van der Waals surface area contributed by atoms with E-state index in [1.807, 2.05) is 13.8 Å². The van der Waals surface area contributed by atoms with Gasteiger partial charge < -0.3 is 55.3 Å². The number of carbonyl (C=O) groups is 8. The van der Waals surface area contributed by atoms with Gasteiger partial charge in [-0.25, -0.2) is 13.5 Å². The summed E-state index contributed by atoms with van der Waals surface area (Å²) in [6.07, 6.45) is 2.11. The van der Waals surface area contributed by atoms with Crippen LogP contribution in [-0.4, -0.2) is 287 Å². The van der Waals surface area contributed by atoms with Crippen molar-refractivity contribution >= 4 is 63.2 Å². The lowest BCUT2D eigenvalue weighted by Crippen LogP contribution is -2.59. The van der Waals surface area contributed by atoms with Crippen molar-refractivity contribution in [3.05, 3.63) is 71.7 Å². The Kier molecular flexibility index (Phi) is 23.1. The fourth-order valence-electron chi connectivity index (χ4n) is 11.2. The molecule has 91 heavy (non-hydrogen) atoms. The topological polar surface area (TPSA) is 369 Å². The molecule has 4 aromatic rings. The number of hydrogen-bond donors (Lipinski definition) is 7. The Bertz CT molecular complexity index is 3430. The average Bonchev–Trinajstić information content (AvgIpc) is 1.65. The highest BCUT2D eigenvalue weighted by atomic mass is 32.2. The van der Waals surface area contributed by atoms with E-state index < -0.39 is 106 Å². The molecule has 0 unspecified atom stereocenters. The maximum atomic E-state index is 14.9. The lowest BCUT2D eigenvalue weighted by molar-refractivity contribution is -0.140. The average molecular weight is 1300 g/mol. The number of aliphatic carboxylic acids is 3. The normalized spacial score (nSPS) is 17.6. The molecule has 2 aromatic carbocycles. The molecule has 0 radical (unpaired) electrons. The summed E-state index contributed by atoms with van der Waals surface area (Å²) in [5, 5.41) is 41.7. The first kappa shape index (κ1) is 68.6. The number of fused-ring (bicyclic) bond motifs is 3. The second kappa shape index (κ2) is 30.7. The minimum Gasteiger partial charge on any atom is -0.496 e. The van der Waals surface area contributed by atoms with E-state index in [9.17, 15) is 75.4 Å². The van der Waals surface area contributed by atoms with Crippen LogP contribution in [0, 0.1) is 11.6 Å². The molecule has 0 bridgehead atoms. The molecule has 0 saturated carbocycles. The lowest BCUT2D eigenvalue weighted by Gasteiger charge is -2.41. The Hall–Kier alpha value is -8.31. The minimum atomic E-state index is -4.27. The maximum Gasteiger partial charge on any atom is 0.317 e. The highest BCUT2D eigenvalue weighted by Gasteiger charge is 2.40. The van der Waals surface area contributed by atoms with Gasteiger partial charge in [0.05, 0.1) is 81.1 Å². The fourth-order valence-corrected chi connectivity index (χ4v) is 11.6.